The number of aromatic nitrogens is 1. The van der Waals surface area contributed by atoms with Gasteiger partial charge in [-0.1, -0.05) is 12.1 Å². The molecule has 2 heterocycles. The quantitative estimate of drug-likeness (QED) is 0.939. The first-order valence-corrected chi connectivity index (χ1v) is 7.15. The summed E-state index contributed by atoms with van der Waals surface area (Å²) in [4.78, 5) is 17.8. The molecule has 0 aliphatic carbocycles. The van der Waals surface area contributed by atoms with Crippen LogP contribution in [0.25, 0.3) is 11.3 Å². The lowest BCUT2D eigenvalue weighted by Crippen LogP contribution is -2.17. The zero-order chi connectivity index (χ0) is 14.8. The van der Waals surface area contributed by atoms with Gasteiger partial charge >= 0.3 is 5.97 Å². The van der Waals surface area contributed by atoms with E-state index in [4.69, 9.17) is 5.11 Å². The van der Waals surface area contributed by atoms with Crippen LogP contribution < -0.4 is 0 Å². The predicted octanol–water partition coefficient (Wildman–Crippen LogP) is 3.21. The number of aromatic carboxylic acids is 1. The molecule has 1 fully saturated rings. The first kappa shape index (κ1) is 13.8. The molecule has 2 aromatic rings. The molecule has 0 bridgehead atoms. The topological polar surface area (TPSA) is 53.4 Å². The number of pyridine rings is 1. The molecule has 4 heteroatoms. The van der Waals surface area contributed by atoms with Crippen LogP contribution >= 0.6 is 0 Å². The van der Waals surface area contributed by atoms with Gasteiger partial charge in [0.1, 0.15) is 0 Å². The number of carboxylic acids is 1. The maximum Gasteiger partial charge on any atom is 0.335 e. The Kier molecular flexibility index (Phi) is 3.71. The molecule has 1 aromatic carbocycles. The average molecular weight is 282 g/mol. The van der Waals surface area contributed by atoms with E-state index in [0.29, 0.717) is 6.04 Å². The molecule has 1 saturated heterocycles. The van der Waals surface area contributed by atoms with Crippen molar-refractivity contribution in [3.8, 4) is 11.3 Å². The minimum atomic E-state index is -0.913. The summed E-state index contributed by atoms with van der Waals surface area (Å²) < 4.78 is 0. The third-order valence-corrected chi connectivity index (χ3v) is 4.09. The summed E-state index contributed by atoms with van der Waals surface area (Å²) in [5, 5.41) is 9.09. The standard InChI is InChI=1S/C17H18N2O2/c1-19-9-3-6-16(19)13-7-8-18-15(11-13)12-4-2-5-14(10-12)17(20)21/h2,4-5,7-8,10-11,16H,3,6,9H2,1H3,(H,20,21)/t16-/m1/s1. The largest absolute Gasteiger partial charge is 0.478 e. The van der Waals surface area contributed by atoms with Crippen LogP contribution in [0, 0.1) is 0 Å². The van der Waals surface area contributed by atoms with Gasteiger partial charge in [-0.3, -0.25) is 9.88 Å². The molecule has 1 aliphatic rings. The van der Waals surface area contributed by atoms with Crippen LogP contribution in [0.2, 0.25) is 0 Å². The molecule has 21 heavy (non-hydrogen) atoms. The van der Waals surface area contributed by atoms with Gasteiger partial charge in [-0.15, -0.1) is 0 Å². The van der Waals surface area contributed by atoms with E-state index in [1.165, 1.54) is 12.0 Å². The van der Waals surface area contributed by atoms with Crippen LogP contribution in [0.1, 0.15) is 34.8 Å². The van der Waals surface area contributed by atoms with E-state index in [1.54, 1.807) is 18.2 Å². The van der Waals surface area contributed by atoms with Gasteiger partial charge in [0.25, 0.3) is 0 Å². The van der Waals surface area contributed by atoms with E-state index < -0.39 is 5.97 Å². The van der Waals surface area contributed by atoms with Gasteiger partial charge in [0.15, 0.2) is 0 Å². The molecule has 1 N–H and O–H groups in total. The summed E-state index contributed by atoms with van der Waals surface area (Å²) in [5.41, 5.74) is 3.21. The van der Waals surface area contributed by atoms with E-state index in [1.807, 2.05) is 12.3 Å². The highest BCUT2D eigenvalue weighted by Crippen LogP contribution is 2.31. The van der Waals surface area contributed by atoms with E-state index in [-0.39, 0.29) is 5.56 Å². The summed E-state index contributed by atoms with van der Waals surface area (Å²) in [6, 6.07) is 11.5. The second kappa shape index (κ2) is 5.66. The zero-order valence-electron chi connectivity index (χ0n) is 12.0. The van der Waals surface area contributed by atoms with E-state index >= 15 is 0 Å². The number of hydrogen-bond acceptors (Lipinski definition) is 3. The van der Waals surface area contributed by atoms with Gasteiger partial charge in [0.2, 0.25) is 0 Å². The minimum Gasteiger partial charge on any atom is -0.478 e. The Hall–Kier alpha value is -2.20. The molecule has 108 valence electrons. The monoisotopic (exact) mass is 282 g/mol. The summed E-state index contributed by atoms with van der Waals surface area (Å²) in [7, 11) is 2.14. The molecule has 3 rings (SSSR count). The molecule has 0 saturated carbocycles. The van der Waals surface area contributed by atoms with Crippen molar-refractivity contribution in [2.24, 2.45) is 0 Å². The molecule has 0 radical (unpaired) electrons. The van der Waals surface area contributed by atoms with E-state index in [0.717, 1.165) is 24.2 Å². The van der Waals surface area contributed by atoms with Crippen LogP contribution in [-0.4, -0.2) is 34.6 Å². The van der Waals surface area contributed by atoms with Gasteiger partial charge in [-0.05, 0) is 56.3 Å². The number of nitrogens with zero attached hydrogens (tertiary/aromatic N) is 2. The van der Waals surface area contributed by atoms with Crippen LogP contribution in [0.4, 0.5) is 0 Å². The molecule has 1 atom stereocenters. The Morgan fingerprint density at radius 1 is 1.33 bits per heavy atom. The van der Waals surface area contributed by atoms with Crippen LogP contribution in [0.5, 0.6) is 0 Å². The smallest absolute Gasteiger partial charge is 0.335 e. The van der Waals surface area contributed by atoms with Gasteiger partial charge in [0.05, 0.1) is 11.3 Å². The van der Waals surface area contributed by atoms with Crippen molar-refractivity contribution < 1.29 is 9.90 Å². The van der Waals surface area contributed by atoms with E-state index in [2.05, 4.69) is 29.1 Å². The molecule has 0 unspecified atom stereocenters. The zero-order valence-corrected chi connectivity index (χ0v) is 12.0. The highest BCUT2D eigenvalue weighted by atomic mass is 16.4. The minimum absolute atomic E-state index is 0.290. The number of carbonyl (C=O) groups is 1. The number of carboxylic acid groups (broad SMARTS) is 1. The lowest BCUT2D eigenvalue weighted by atomic mass is 10.0. The number of benzene rings is 1. The summed E-state index contributed by atoms with van der Waals surface area (Å²) >= 11 is 0. The third-order valence-electron chi connectivity index (χ3n) is 4.09. The van der Waals surface area contributed by atoms with Crippen molar-refractivity contribution in [2.75, 3.05) is 13.6 Å². The summed E-state index contributed by atoms with van der Waals surface area (Å²) in [6.07, 6.45) is 4.19. The normalized spacial score (nSPS) is 18.8. The fraction of sp³-hybridized carbons (Fsp3) is 0.294. The Morgan fingerprint density at radius 2 is 2.19 bits per heavy atom. The van der Waals surface area contributed by atoms with Crippen molar-refractivity contribution in [3.63, 3.8) is 0 Å². The summed E-state index contributed by atoms with van der Waals surface area (Å²) in [5.74, 6) is -0.913. The van der Waals surface area contributed by atoms with Crippen molar-refractivity contribution >= 4 is 5.97 Å². The Balaban J connectivity index is 1.96. The molecule has 0 amide bonds. The first-order chi connectivity index (χ1) is 10.1. The SMILES string of the molecule is CN1CCC[C@@H]1c1ccnc(-c2cccc(C(=O)O)c2)c1. The van der Waals surface area contributed by atoms with Gasteiger partial charge < -0.3 is 5.11 Å². The molecule has 0 spiro atoms. The van der Waals surface area contributed by atoms with Crippen molar-refractivity contribution in [1.29, 1.82) is 0 Å². The lowest BCUT2D eigenvalue weighted by molar-refractivity contribution is 0.0697. The molecule has 1 aliphatic heterocycles. The fourth-order valence-corrected chi connectivity index (χ4v) is 2.95. The van der Waals surface area contributed by atoms with Gasteiger partial charge in [-0.2, -0.15) is 0 Å². The highest BCUT2D eigenvalue weighted by molar-refractivity contribution is 5.89. The Morgan fingerprint density at radius 3 is 2.90 bits per heavy atom. The number of likely N-dealkylation sites (tertiary alicyclic amines) is 1. The van der Waals surface area contributed by atoms with Crippen molar-refractivity contribution in [2.45, 2.75) is 18.9 Å². The van der Waals surface area contributed by atoms with Crippen molar-refractivity contribution in [1.82, 2.24) is 9.88 Å². The second-order valence-corrected chi connectivity index (χ2v) is 5.50. The van der Waals surface area contributed by atoms with Crippen molar-refractivity contribution in [3.05, 3.63) is 53.7 Å². The molecular formula is C17H18N2O2. The Labute approximate surface area is 124 Å². The maximum atomic E-state index is 11.1. The van der Waals surface area contributed by atoms with Gasteiger partial charge in [0, 0.05) is 17.8 Å². The average Bonchev–Trinajstić information content (AvgIpc) is 2.94. The predicted molar refractivity (Wildman–Crippen MR) is 81.2 cm³/mol. The van der Waals surface area contributed by atoms with Crippen LogP contribution in [-0.2, 0) is 0 Å². The number of hydrogen-bond donors (Lipinski definition) is 1. The number of rotatable bonds is 3. The Bertz CT molecular complexity index is 669. The second-order valence-electron chi connectivity index (χ2n) is 5.50. The molecule has 1 aromatic heterocycles. The third kappa shape index (κ3) is 2.81. The van der Waals surface area contributed by atoms with Crippen LogP contribution in [0.15, 0.2) is 42.6 Å². The maximum absolute atomic E-state index is 11.1. The van der Waals surface area contributed by atoms with Crippen LogP contribution in [0.3, 0.4) is 0 Å². The summed E-state index contributed by atoms with van der Waals surface area (Å²) in [6.45, 7) is 1.12. The lowest BCUT2D eigenvalue weighted by Gasteiger charge is -2.20. The molecule has 4 nitrogen and oxygen atoms in total. The fourth-order valence-electron chi connectivity index (χ4n) is 2.95. The first-order valence-electron chi connectivity index (χ1n) is 7.15. The van der Waals surface area contributed by atoms with Gasteiger partial charge in [-0.25, -0.2) is 4.79 Å². The highest BCUT2D eigenvalue weighted by Gasteiger charge is 2.22. The van der Waals surface area contributed by atoms with E-state index in [9.17, 15) is 4.79 Å². The molecular weight excluding hydrogens is 264 g/mol.